The number of rotatable bonds is 12. The third kappa shape index (κ3) is 7.30. The monoisotopic (exact) mass is 670 g/mol. The van der Waals surface area contributed by atoms with E-state index in [1.54, 1.807) is 18.4 Å². The van der Waals surface area contributed by atoms with Gasteiger partial charge in [-0.05, 0) is 110 Å². The van der Waals surface area contributed by atoms with Crippen molar-refractivity contribution in [3.05, 3.63) is 88.0 Å². The highest BCUT2D eigenvalue weighted by atomic mass is 16.9. The second kappa shape index (κ2) is 13.0. The lowest BCUT2D eigenvalue weighted by Crippen LogP contribution is -2.42. The molecule has 7 rings (SSSR count). The highest BCUT2D eigenvalue weighted by molar-refractivity contribution is 6.01. The van der Waals surface area contributed by atoms with Crippen LogP contribution < -0.4 is 19.8 Å². The Kier molecular flexibility index (Phi) is 8.88. The molecule has 0 radical (unpaired) electrons. The smallest absolute Gasteiger partial charge is 0.336 e. The van der Waals surface area contributed by atoms with Crippen LogP contribution in [0.25, 0.3) is 21.9 Å². The summed E-state index contributed by atoms with van der Waals surface area (Å²) in [5, 5.41) is 1.55. The second-order valence-electron chi connectivity index (χ2n) is 14.6. The average Bonchev–Trinajstić information content (AvgIpc) is 3.31. The Balaban J connectivity index is 0.935. The molecule has 0 N–H and O–H groups in total. The molecule has 3 atom stereocenters. The quantitative estimate of drug-likeness (QED) is 0.0831. The molecule has 9 nitrogen and oxygen atoms in total. The molecule has 2 saturated heterocycles. The number of aryl methyl sites for hydroxylation is 1. The van der Waals surface area contributed by atoms with Gasteiger partial charge in [-0.2, -0.15) is 0 Å². The summed E-state index contributed by atoms with van der Waals surface area (Å²) in [7, 11) is 0. The van der Waals surface area contributed by atoms with Crippen LogP contribution in [0.2, 0.25) is 0 Å². The molecule has 2 aromatic carbocycles. The summed E-state index contributed by atoms with van der Waals surface area (Å²) >= 11 is 0. The van der Waals surface area contributed by atoms with Crippen molar-refractivity contribution < 1.29 is 37.3 Å². The molecule has 2 unspecified atom stereocenters. The van der Waals surface area contributed by atoms with Crippen molar-refractivity contribution in [3.8, 4) is 17.2 Å². The fourth-order valence-electron chi connectivity index (χ4n) is 6.82. The molecule has 2 fully saturated rings. The van der Waals surface area contributed by atoms with E-state index in [1.165, 1.54) is 17.2 Å². The van der Waals surface area contributed by atoms with Gasteiger partial charge in [0.05, 0.1) is 40.4 Å². The lowest BCUT2D eigenvalue weighted by molar-refractivity contribution is -0.312. The van der Waals surface area contributed by atoms with Gasteiger partial charge in [0.1, 0.15) is 41.6 Å². The Morgan fingerprint density at radius 2 is 1.53 bits per heavy atom. The van der Waals surface area contributed by atoms with Crippen LogP contribution in [0.3, 0.4) is 0 Å². The molecule has 0 aliphatic carbocycles. The minimum atomic E-state index is -1.13. The zero-order valence-electron chi connectivity index (χ0n) is 29.3. The van der Waals surface area contributed by atoms with E-state index in [4.69, 9.17) is 37.3 Å². The van der Waals surface area contributed by atoms with Gasteiger partial charge < -0.3 is 37.3 Å². The number of benzene rings is 2. The van der Waals surface area contributed by atoms with E-state index in [9.17, 15) is 4.79 Å². The van der Waals surface area contributed by atoms with Gasteiger partial charge in [-0.15, -0.1) is 0 Å². The van der Waals surface area contributed by atoms with Crippen LogP contribution in [0.1, 0.15) is 79.2 Å². The summed E-state index contributed by atoms with van der Waals surface area (Å²) < 4.78 is 48.5. The van der Waals surface area contributed by atoms with Crippen molar-refractivity contribution in [2.75, 3.05) is 13.2 Å². The lowest BCUT2D eigenvalue weighted by atomic mass is 9.96. The summed E-state index contributed by atoms with van der Waals surface area (Å²) in [5.74, 6) is 0.990. The van der Waals surface area contributed by atoms with Crippen LogP contribution >= 0.6 is 0 Å². The fraction of sp³-hybridized carbons (Fsp3) is 0.475. The molecule has 0 bridgehead atoms. The van der Waals surface area contributed by atoms with E-state index in [0.717, 1.165) is 59.9 Å². The maximum atomic E-state index is 11.8. The normalized spacial score (nSPS) is 24.3. The van der Waals surface area contributed by atoms with Gasteiger partial charge >= 0.3 is 11.6 Å². The molecule has 3 aliphatic heterocycles. The first kappa shape index (κ1) is 33.4. The van der Waals surface area contributed by atoms with Gasteiger partial charge in [0.25, 0.3) is 0 Å². The number of hydrogen-bond acceptors (Lipinski definition) is 9. The molecule has 5 heterocycles. The van der Waals surface area contributed by atoms with Gasteiger partial charge in [0.2, 0.25) is 0 Å². The number of fused-ring (bicyclic) bond motifs is 3. The van der Waals surface area contributed by atoms with E-state index in [-0.39, 0.29) is 11.7 Å². The van der Waals surface area contributed by atoms with Crippen LogP contribution in [0, 0.1) is 0 Å². The van der Waals surface area contributed by atoms with Gasteiger partial charge in [0, 0.05) is 24.6 Å². The van der Waals surface area contributed by atoms with Crippen LogP contribution in [0.5, 0.6) is 17.2 Å². The van der Waals surface area contributed by atoms with E-state index in [2.05, 4.69) is 59.8 Å². The fourth-order valence-corrected chi connectivity index (χ4v) is 6.82. The molecule has 9 heteroatoms. The Labute approximate surface area is 286 Å². The van der Waals surface area contributed by atoms with Crippen LogP contribution in [-0.4, -0.2) is 42.6 Å². The first-order chi connectivity index (χ1) is 23.4. The predicted molar refractivity (Wildman–Crippen MR) is 186 cm³/mol. The predicted octanol–water partition coefficient (Wildman–Crippen LogP) is 8.80. The Hall–Kier alpha value is -4.05. The second-order valence-corrected chi connectivity index (χ2v) is 14.6. The van der Waals surface area contributed by atoms with Gasteiger partial charge in [0.15, 0.2) is 0 Å². The molecule has 2 aromatic heterocycles. The summed E-state index contributed by atoms with van der Waals surface area (Å²) in [4.78, 5) is 11.8. The minimum Gasteiger partial charge on any atom is -0.489 e. The van der Waals surface area contributed by atoms with E-state index in [1.807, 2.05) is 18.2 Å². The van der Waals surface area contributed by atoms with Crippen molar-refractivity contribution in [1.29, 1.82) is 0 Å². The van der Waals surface area contributed by atoms with Crippen molar-refractivity contribution in [3.63, 3.8) is 0 Å². The molecule has 1 spiro atoms. The molecular weight excluding hydrogens is 624 g/mol. The summed E-state index contributed by atoms with van der Waals surface area (Å²) in [6, 6.07) is 12.7. The number of furan rings is 1. The van der Waals surface area contributed by atoms with Gasteiger partial charge in [-0.25, -0.2) is 4.79 Å². The Morgan fingerprint density at radius 1 is 0.837 bits per heavy atom. The average molecular weight is 671 g/mol. The Morgan fingerprint density at radius 3 is 2.27 bits per heavy atom. The number of epoxide rings is 1. The van der Waals surface area contributed by atoms with Gasteiger partial charge in [-0.1, -0.05) is 17.2 Å². The highest BCUT2D eigenvalue weighted by Crippen LogP contribution is 2.46. The standard InChI is InChI=1S/C40H46O9/c1-25(7-12-34-38(3,4)47-34)16-20-42-28-10-9-27-15-19-40(46-31(27)23-28)48-35(39(5,6)49-40)13-8-26(2)17-21-44-37-29-11-14-36(41)45-33(29)24-32-30(37)18-22-43-32/h9-11,14,16-18,22-24,34-35H,7-8,12-13,15,19-21H2,1-6H3/t34?,35?,40-/m1/s1. The molecule has 3 aliphatic rings. The summed E-state index contributed by atoms with van der Waals surface area (Å²) in [5.41, 5.74) is 3.69. The van der Waals surface area contributed by atoms with E-state index in [0.29, 0.717) is 42.7 Å². The summed E-state index contributed by atoms with van der Waals surface area (Å²) in [6.07, 6.45) is 11.0. The molecular formula is C40H46O9. The molecule has 0 saturated carbocycles. The molecule has 4 aromatic rings. The first-order valence-electron chi connectivity index (χ1n) is 17.3. The van der Waals surface area contributed by atoms with Crippen molar-refractivity contribution in [2.45, 2.75) is 109 Å². The first-order valence-corrected chi connectivity index (χ1v) is 17.3. The Bertz CT molecular complexity index is 1960. The van der Waals surface area contributed by atoms with Crippen molar-refractivity contribution >= 4 is 21.9 Å². The van der Waals surface area contributed by atoms with Crippen LogP contribution in [-0.2, 0) is 20.6 Å². The van der Waals surface area contributed by atoms with E-state index >= 15 is 0 Å². The SMILES string of the molecule is CC(=CCOc1ccc2c(c1)O[C@]1(CC2)OC(CCC(C)=CCOc2c3ccoc3cc3oc(=O)ccc23)C(C)(C)O1)CCC1OC1(C)C. The largest absolute Gasteiger partial charge is 0.489 e. The van der Waals surface area contributed by atoms with Crippen LogP contribution in [0.15, 0.2) is 85.7 Å². The zero-order chi connectivity index (χ0) is 34.4. The van der Waals surface area contributed by atoms with Crippen molar-refractivity contribution in [1.82, 2.24) is 0 Å². The third-order valence-corrected chi connectivity index (χ3v) is 9.94. The lowest BCUT2D eigenvalue weighted by Gasteiger charge is -2.34. The van der Waals surface area contributed by atoms with Gasteiger partial charge in [-0.3, -0.25) is 0 Å². The van der Waals surface area contributed by atoms with Crippen LogP contribution in [0.4, 0.5) is 0 Å². The van der Waals surface area contributed by atoms with Crippen molar-refractivity contribution in [2.24, 2.45) is 0 Å². The minimum absolute atomic E-state index is 0.0306. The number of allylic oxidation sites excluding steroid dienone is 2. The van der Waals surface area contributed by atoms with E-state index < -0.39 is 17.2 Å². The maximum absolute atomic E-state index is 11.8. The number of ether oxygens (including phenoxy) is 6. The highest BCUT2D eigenvalue weighted by Gasteiger charge is 2.55. The zero-order valence-corrected chi connectivity index (χ0v) is 29.3. The maximum Gasteiger partial charge on any atom is 0.336 e. The summed E-state index contributed by atoms with van der Waals surface area (Å²) in [6.45, 7) is 13.5. The number of hydrogen-bond donors (Lipinski definition) is 0. The topological polar surface area (TPSA) is 102 Å². The molecule has 0 amide bonds. The third-order valence-electron chi connectivity index (χ3n) is 9.94. The molecule has 260 valence electrons. The molecule has 49 heavy (non-hydrogen) atoms.